The third-order valence-electron chi connectivity index (χ3n) is 3.65. The fourth-order valence-electron chi connectivity index (χ4n) is 2.37. The molecule has 2 aromatic rings. The van der Waals surface area contributed by atoms with E-state index in [1.165, 1.54) is 30.3 Å². The summed E-state index contributed by atoms with van der Waals surface area (Å²) in [6.45, 7) is 4.17. The van der Waals surface area contributed by atoms with Gasteiger partial charge in [-0.1, -0.05) is 38.1 Å². The maximum absolute atomic E-state index is 13.2. The number of amides is 1. The van der Waals surface area contributed by atoms with Gasteiger partial charge in [0.25, 0.3) is 0 Å². The molecular weight excluding hydrogens is 355 g/mol. The predicted octanol–water partition coefficient (Wildman–Crippen LogP) is 2.97. The van der Waals surface area contributed by atoms with Gasteiger partial charge in [-0.05, 0) is 41.3 Å². The molecule has 140 valence electrons. The fourth-order valence-corrected chi connectivity index (χ4v) is 3.46. The second-order valence-corrected chi connectivity index (χ2v) is 8.24. The number of hydrogen-bond acceptors (Lipinski definition) is 3. The standard InChI is InChI=1S/C19H23FN2O3S/c1-14(2)9-19(23)21-12-16-6-4-8-18(11-16)26(24,25)22-13-15-5-3-7-17(20)10-15/h3-8,10-11,14,22H,9,12-13H2,1-2H3,(H,21,23). The van der Waals surface area contributed by atoms with Crippen LogP contribution in [0.3, 0.4) is 0 Å². The van der Waals surface area contributed by atoms with E-state index in [-0.39, 0.29) is 29.8 Å². The highest BCUT2D eigenvalue weighted by Crippen LogP contribution is 2.13. The average molecular weight is 378 g/mol. The molecule has 2 aromatic carbocycles. The van der Waals surface area contributed by atoms with Gasteiger partial charge in [-0.25, -0.2) is 17.5 Å². The highest BCUT2D eigenvalue weighted by Gasteiger charge is 2.14. The van der Waals surface area contributed by atoms with Crippen molar-refractivity contribution in [2.24, 2.45) is 5.92 Å². The summed E-state index contributed by atoms with van der Waals surface area (Å²) in [5.74, 6) is -0.230. The highest BCUT2D eigenvalue weighted by molar-refractivity contribution is 7.89. The first-order valence-electron chi connectivity index (χ1n) is 8.36. The summed E-state index contributed by atoms with van der Waals surface area (Å²) in [6, 6.07) is 12.1. The van der Waals surface area contributed by atoms with Gasteiger partial charge >= 0.3 is 0 Å². The Morgan fingerprint density at radius 1 is 1.04 bits per heavy atom. The first-order chi connectivity index (χ1) is 12.3. The Balaban J connectivity index is 2.01. The zero-order valence-corrected chi connectivity index (χ0v) is 15.6. The molecule has 0 aliphatic carbocycles. The van der Waals surface area contributed by atoms with E-state index in [2.05, 4.69) is 10.0 Å². The van der Waals surface area contributed by atoms with Crippen LogP contribution in [0.5, 0.6) is 0 Å². The van der Waals surface area contributed by atoms with Crippen LogP contribution in [0.4, 0.5) is 4.39 Å². The van der Waals surface area contributed by atoms with Crippen molar-refractivity contribution in [3.8, 4) is 0 Å². The van der Waals surface area contributed by atoms with Crippen molar-refractivity contribution >= 4 is 15.9 Å². The number of carbonyl (C=O) groups is 1. The molecule has 0 aromatic heterocycles. The molecule has 5 nitrogen and oxygen atoms in total. The molecule has 0 spiro atoms. The molecule has 0 saturated heterocycles. The molecule has 0 aliphatic rings. The number of rotatable bonds is 8. The van der Waals surface area contributed by atoms with Gasteiger partial charge in [0.2, 0.25) is 15.9 Å². The molecule has 0 radical (unpaired) electrons. The summed E-state index contributed by atoms with van der Waals surface area (Å²) in [5, 5.41) is 2.78. The number of halogens is 1. The van der Waals surface area contributed by atoms with Crippen LogP contribution in [0.25, 0.3) is 0 Å². The number of sulfonamides is 1. The van der Waals surface area contributed by atoms with E-state index in [1.807, 2.05) is 13.8 Å². The highest BCUT2D eigenvalue weighted by atomic mass is 32.2. The number of carbonyl (C=O) groups excluding carboxylic acids is 1. The fraction of sp³-hybridized carbons (Fsp3) is 0.316. The van der Waals surface area contributed by atoms with Gasteiger partial charge in [0.05, 0.1) is 4.90 Å². The van der Waals surface area contributed by atoms with E-state index in [0.717, 1.165) is 0 Å². The van der Waals surface area contributed by atoms with Crippen LogP contribution in [-0.2, 0) is 27.9 Å². The van der Waals surface area contributed by atoms with Crippen LogP contribution in [0.1, 0.15) is 31.4 Å². The maximum Gasteiger partial charge on any atom is 0.240 e. The largest absolute Gasteiger partial charge is 0.352 e. The topological polar surface area (TPSA) is 75.3 Å². The van der Waals surface area contributed by atoms with Crippen molar-refractivity contribution in [2.45, 2.75) is 38.3 Å². The minimum atomic E-state index is -3.74. The molecule has 0 bridgehead atoms. The van der Waals surface area contributed by atoms with Crippen molar-refractivity contribution in [3.05, 3.63) is 65.5 Å². The lowest BCUT2D eigenvalue weighted by Crippen LogP contribution is -2.25. The molecule has 0 saturated carbocycles. The van der Waals surface area contributed by atoms with E-state index < -0.39 is 15.8 Å². The van der Waals surface area contributed by atoms with Crippen molar-refractivity contribution < 1.29 is 17.6 Å². The number of nitrogens with one attached hydrogen (secondary N) is 2. The minimum Gasteiger partial charge on any atom is -0.352 e. The van der Waals surface area contributed by atoms with Crippen LogP contribution < -0.4 is 10.0 Å². The molecule has 2 rings (SSSR count). The number of benzene rings is 2. The van der Waals surface area contributed by atoms with Gasteiger partial charge in [0, 0.05) is 19.5 Å². The first-order valence-corrected chi connectivity index (χ1v) is 9.84. The molecular formula is C19H23FN2O3S. The van der Waals surface area contributed by atoms with Gasteiger partial charge in [-0.2, -0.15) is 0 Å². The molecule has 1 amide bonds. The summed E-state index contributed by atoms with van der Waals surface area (Å²) in [4.78, 5) is 11.8. The summed E-state index contributed by atoms with van der Waals surface area (Å²) in [7, 11) is -3.74. The van der Waals surface area contributed by atoms with Gasteiger partial charge < -0.3 is 5.32 Å². The second kappa shape index (κ2) is 8.91. The number of hydrogen-bond donors (Lipinski definition) is 2. The minimum absolute atomic E-state index is 0.00452. The van der Waals surface area contributed by atoms with E-state index in [4.69, 9.17) is 0 Å². The monoisotopic (exact) mass is 378 g/mol. The Kier molecular flexibility index (Phi) is 6.88. The van der Waals surface area contributed by atoms with Gasteiger partial charge in [-0.3, -0.25) is 4.79 Å². The van der Waals surface area contributed by atoms with Crippen molar-refractivity contribution in [3.63, 3.8) is 0 Å². The smallest absolute Gasteiger partial charge is 0.240 e. The Hall–Kier alpha value is -2.25. The summed E-state index contributed by atoms with van der Waals surface area (Å²) in [5.41, 5.74) is 1.22. The van der Waals surface area contributed by atoms with Crippen molar-refractivity contribution in [1.82, 2.24) is 10.0 Å². The van der Waals surface area contributed by atoms with Crippen LogP contribution in [-0.4, -0.2) is 14.3 Å². The lowest BCUT2D eigenvalue weighted by molar-refractivity contribution is -0.121. The van der Waals surface area contributed by atoms with Crippen LogP contribution in [0, 0.1) is 11.7 Å². The molecule has 2 N–H and O–H groups in total. The lowest BCUT2D eigenvalue weighted by Gasteiger charge is -2.10. The molecule has 0 atom stereocenters. The molecule has 0 fully saturated rings. The predicted molar refractivity (Wildman–Crippen MR) is 98.2 cm³/mol. The summed E-state index contributed by atoms with van der Waals surface area (Å²) >= 11 is 0. The van der Waals surface area contributed by atoms with Gasteiger partial charge in [0.1, 0.15) is 5.82 Å². The van der Waals surface area contributed by atoms with Gasteiger partial charge in [-0.15, -0.1) is 0 Å². The second-order valence-electron chi connectivity index (χ2n) is 6.48. The maximum atomic E-state index is 13.2. The molecule has 0 heterocycles. The van der Waals surface area contributed by atoms with Crippen LogP contribution in [0.15, 0.2) is 53.4 Å². The van der Waals surface area contributed by atoms with Crippen LogP contribution >= 0.6 is 0 Å². The van der Waals surface area contributed by atoms with E-state index >= 15 is 0 Å². The first kappa shape index (κ1) is 20.1. The third-order valence-corrected chi connectivity index (χ3v) is 5.05. The zero-order valence-electron chi connectivity index (χ0n) is 14.8. The molecule has 0 aliphatic heterocycles. The Morgan fingerprint density at radius 2 is 1.69 bits per heavy atom. The zero-order chi connectivity index (χ0) is 19.2. The molecule has 0 unspecified atom stereocenters. The van der Waals surface area contributed by atoms with Gasteiger partial charge in [0.15, 0.2) is 0 Å². The normalized spacial score (nSPS) is 11.5. The quantitative estimate of drug-likeness (QED) is 0.742. The SMILES string of the molecule is CC(C)CC(=O)NCc1cccc(S(=O)(=O)NCc2cccc(F)c2)c1. The van der Waals surface area contributed by atoms with E-state index in [9.17, 15) is 17.6 Å². The molecule has 7 heteroatoms. The molecule has 26 heavy (non-hydrogen) atoms. The van der Waals surface area contributed by atoms with Crippen molar-refractivity contribution in [2.75, 3.05) is 0 Å². The van der Waals surface area contributed by atoms with E-state index in [0.29, 0.717) is 17.5 Å². The van der Waals surface area contributed by atoms with E-state index in [1.54, 1.807) is 18.2 Å². The summed E-state index contributed by atoms with van der Waals surface area (Å²) in [6.07, 6.45) is 0.424. The summed E-state index contributed by atoms with van der Waals surface area (Å²) < 4.78 is 40.5. The Bertz CT molecular complexity index is 867. The Morgan fingerprint density at radius 3 is 2.35 bits per heavy atom. The van der Waals surface area contributed by atoms with Crippen LogP contribution in [0.2, 0.25) is 0 Å². The average Bonchev–Trinajstić information content (AvgIpc) is 2.58. The Labute approximate surface area is 153 Å². The van der Waals surface area contributed by atoms with Crippen molar-refractivity contribution in [1.29, 1.82) is 0 Å². The third kappa shape index (κ3) is 6.24. The lowest BCUT2D eigenvalue weighted by atomic mass is 10.1.